The van der Waals surface area contributed by atoms with Crippen LogP contribution in [0.5, 0.6) is 11.5 Å². The van der Waals surface area contributed by atoms with E-state index in [1.807, 2.05) is 6.92 Å². The molecule has 2 heterocycles. The van der Waals surface area contributed by atoms with Crippen LogP contribution < -0.4 is 24.6 Å². The summed E-state index contributed by atoms with van der Waals surface area (Å²) >= 11 is 0. The molecule has 0 aromatic heterocycles. The third kappa shape index (κ3) is 4.40. The van der Waals surface area contributed by atoms with Crippen molar-refractivity contribution in [1.29, 1.82) is 0 Å². The Kier molecular flexibility index (Phi) is 6.35. The lowest BCUT2D eigenvalue weighted by molar-refractivity contribution is -0.117. The second-order valence-corrected chi connectivity index (χ2v) is 8.62. The summed E-state index contributed by atoms with van der Waals surface area (Å²) in [5, 5.41) is 2.81. The highest BCUT2D eigenvalue weighted by Crippen LogP contribution is 2.35. The van der Waals surface area contributed by atoms with Crippen LogP contribution in [0.3, 0.4) is 0 Å². The third-order valence-corrected chi connectivity index (χ3v) is 6.36. The van der Waals surface area contributed by atoms with Crippen LogP contribution in [-0.2, 0) is 4.79 Å². The number of benzene rings is 3. The zero-order valence-corrected chi connectivity index (χ0v) is 20.4. The van der Waals surface area contributed by atoms with Gasteiger partial charge in [-0.15, -0.1) is 0 Å². The second kappa shape index (κ2) is 9.77. The lowest BCUT2D eigenvalue weighted by Gasteiger charge is -2.20. The van der Waals surface area contributed by atoms with E-state index >= 15 is 0 Å². The predicted octanol–water partition coefficient (Wildman–Crippen LogP) is 4.27. The monoisotopic (exact) mass is 499 g/mol. The zero-order chi connectivity index (χ0) is 26.1. The van der Waals surface area contributed by atoms with Gasteiger partial charge in [0.2, 0.25) is 5.91 Å². The maximum absolute atomic E-state index is 13.1. The largest absolute Gasteiger partial charge is 0.495 e. The van der Waals surface area contributed by atoms with Gasteiger partial charge in [-0.25, -0.2) is 4.90 Å². The minimum absolute atomic E-state index is 0.000613. The fourth-order valence-corrected chi connectivity index (χ4v) is 4.56. The fraction of sp³-hybridized carbons (Fsp3) is 0.214. The predicted molar refractivity (Wildman–Crippen MR) is 138 cm³/mol. The number of nitrogens with one attached hydrogen (secondary N) is 1. The van der Waals surface area contributed by atoms with E-state index in [4.69, 9.17) is 9.47 Å². The van der Waals surface area contributed by atoms with Crippen LogP contribution in [0, 0.1) is 0 Å². The molecule has 9 nitrogen and oxygen atoms in total. The Hall–Kier alpha value is -4.66. The minimum atomic E-state index is -0.502. The molecule has 0 aliphatic carbocycles. The van der Waals surface area contributed by atoms with Crippen molar-refractivity contribution < 1.29 is 28.7 Å². The highest BCUT2D eigenvalue weighted by molar-refractivity contribution is 6.34. The topological polar surface area (TPSA) is 105 Å². The standard InChI is InChI=1S/C28H25N3O6/c1-3-37-20-10-8-19(9-11-20)31-27(34)21-12-6-17(15-22(21)28(31)35)26(33)29-18-7-13-24(36-2)23(16-18)30-14-4-5-25(30)32/h6-13,15-16H,3-5,14H2,1-2H3,(H,29,33). The Morgan fingerprint density at radius 2 is 1.70 bits per heavy atom. The number of fused-ring (bicyclic) bond motifs is 1. The maximum Gasteiger partial charge on any atom is 0.266 e. The highest BCUT2D eigenvalue weighted by Gasteiger charge is 2.37. The van der Waals surface area contributed by atoms with Crippen molar-refractivity contribution >= 4 is 40.7 Å². The molecule has 5 rings (SSSR count). The fourth-order valence-electron chi connectivity index (χ4n) is 4.56. The van der Waals surface area contributed by atoms with E-state index in [-0.39, 0.29) is 22.6 Å². The van der Waals surface area contributed by atoms with Crippen LogP contribution in [-0.4, -0.2) is 43.9 Å². The molecule has 0 atom stereocenters. The lowest BCUT2D eigenvalue weighted by atomic mass is 10.1. The molecule has 0 spiro atoms. The van der Waals surface area contributed by atoms with Crippen molar-refractivity contribution in [2.45, 2.75) is 19.8 Å². The molecule has 3 aromatic rings. The van der Waals surface area contributed by atoms with Crippen molar-refractivity contribution in [3.63, 3.8) is 0 Å². The van der Waals surface area contributed by atoms with Gasteiger partial charge in [0, 0.05) is 24.2 Å². The summed E-state index contributed by atoms with van der Waals surface area (Å²) in [6.07, 6.45) is 1.23. The summed E-state index contributed by atoms with van der Waals surface area (Å²) < 4.78 is 10.8. The summed E-state index contributed by atoms with van der Waals surface area (Å²) in [4.78, 5) is 54.1. The first-order chi connectivity index (χ1) is 17.9. The van der Waals surface area contributed by atoms with Gasteiger partial charge in [-0.1, -0.05) is 0 Å². The molecule has 9 heteroatoms. The van der Waals surface area contributed by atoms with Crippen LogP contribution in [0.1, 0.15) is 50.8 Å². The van der Waals surface area contributed by atoms with Crippen LogP contribution in [0.4, 0.5) is 17.1 Å². The van der Waals surface area contributed by atoms with Gasteiger partial charge < -0.3 is 19.7 Å². The van der Waals surface area contributed by atoms with E-state index in [1.54, 1.807) is 47.4 Å². The second-order valence-electron chi connectivity index (χ2n) is 8.62. The van der Waals surface area contributed by atoms with Gasteiger partial charge in [0.15, 0.2) is 0 Å². The minimum Gasteiger partial charge on any atom is -0.495 e. The average Bonchev–Trinajstić information content (AvgIpc) is 3.44. The summed E-state index contributed by atoms with van der Waals surface area (Å²) in [5.41, 5.74) is 2.09. The molecule has 188 valence electrons. The number of methoxy groups -OCH3 is 1. The zero-order valence-electron chi connectivity index (χ0n) is 20.4. The van der Waals surface area contributed by atoms with E-state index in [0.29, 0.717) is 48.1 Å². The molecule has 1 fully saturated rings. The van der Waals surface area contributed by atoms with Gasteiger partial charge in [-0.2, -0.15) is 0 Å². The number of carbonyl (C=O) groups is 4. The molecule has 4 amide bonds. The summed E-state index contributed by atoms with van der Waals surface area (Å²) in [6, 6.07) is 16.2. The third-order valence-electron chi connectivity index (χ3n) is 6.36. The number of hydrogen-bond donors (Lipinski definition) is 1. The molecule has 0 unspecified atom stereocenters. The first-order valence-corrected chi connectivity index (χ1v) is 12.0. The van der Waals surface area contributed by atoms with Crippen molar-refractivity contribution in [1.82, 2.24) is 0 Å². The number of rotatable bonds is 7. The Labute approximate surface area is 213 Å². The van der Waals surface area contributed by atoms with Gasteiger partial charge >= 0.3 is 0 Å². The van der Waals surface area contributed by atoms with Gasteiger partial charge in [-0.05, 0) is 74.0 Å². The molecular weight excluding hydrogens is 474 g/mol. The number of imide groups is 1. The van der Waals surface area contributed by atoms with Crippen LogP contribution in [0.25, 0.3) is 0 Å². The number of hydrogen-bond acceptors (Lipinski definition) is 6. The Morgan fingerprint density at radius 3 is 2.38 bits per heavy atom. The van der Waals surface area contributed by atoms with Crippen LogP contribution in [0.2, 0.25) is 0 Å². The van der Waals surface area contributed by atoms with Gasteiger partial charge in [0.05, 0.1) is 36.2 Å². The molecule has 1 saturated heterocycles. The first kappa shape index (κ1) is 24.1. The van der Waals surface area contributed by atoms with Crippen molar-refractivity contribution in [3.05, 3.63) is 77.4 Å². The molecule has 3 aromatic carbocycles. The normalized spacial score (nSPS) is 14.7. The molecule has 0 bridgehead atoms. The lowest BCUT2D eigenvalue weighted by Crippen LogP contribution is -2.29. The van der Waals surface area contributed by atoms with Crippen molar-refractivity contribution in [2.24, 2.45) is 0 Å². The Bertz CT molecular complexity index is 1420. The van der Waals surface area contributed by atoms with Crippen LogP contribution in [0.15, 0.2) is 60.7 Å². The van der Waals surface area contributed by atoms with E-state index in [9.17, 15) is 19.2 Å². The summed E-state index contributed by atoms with van der Waals surface area (Å²) in [7, 11) is 1.52. The SMILES string of the molecule is CCOc1ccc(N2C(=O)c3ccc(C(=O)Nc4ccc(OC)c(N5CCCC5=O)c4)cc3C2=O)cc1. The molecule has 2 aliphatic rings. The van der Waals surface area contributed by atoms with E-state index in [2.05, 4.69) is 5.32 Å². The summed E-state index contributed by atoms with van der Waals surface area (Å²) in [5.74, 6) is -0.238. The first-order valence-electron chi connectivity index (χ1n) is 12.0. The van der Waals surface area contributed by atoms with Gasteiger partial charge in [0.25, 0.3) is 17.7 Å². The van der Waals surface area contributed by atoms with E-state index < -0.39 is 17.7 Å². The number of ether oxygens (including phenoxy) is 2. The van der Waals surface area contributed by atoms with Gasteiger partial charge in [0.1, 0.15) is 11.5 Å². The smallest absolute Gasteiger partial charge is 0.266 e. The molecular formula is C28H25N3O6. The highest BCUT2D eigenvalue weighted by atomic mass is 16.5. The van der Waals surface area contributed by atoms with E-state index in [0.717, 1.165) is 11.3 Å². The molecule has 0 saturated carbocycles. The van der Waals surface area contributed by atoms with E-state index in [1.165, 1.54) is 25.3 Å². The van der Waals surface area contributed by atoms with Crippen LogP contribution >= 0.6 is 0 Å². The Balaban J connectivity index is 1.37. The van der Waals surface area contributed by atoms with Crippen molar-refractivity contribution in [2.75, 3.05) is 35.4 Å². The average molecular weight is 500 g/mol. The number of nitrogens with zero attached hydrogens (tertiary/aromatic N) is 2. The number of anilines is 3. The molecule has 2 aliphatic heterocycles. The Morgan fingerprint density at radius 1 is 0.946 bits per heavy atom. The molecule has 0 radical (unpaired) electrons. The summed E-state index contributed by atoms with van der Waals surface area (Å²) in [6.45, 7) is 2.96. The van der Waals surface area contributed by atoms with Crippen molar-refractivity contribution in [3.8, 4) is 11.5 Å². The maximum atomic E-state index is 13.1. The number of amides is 4. The van der Waals surface area contributed by atoms with Gasteiger partial charge in [-0.3, -0.25) is 19.2 Å². The molecule has 37 heavy (non-hydrogen) atoms. The molecule has 1 N–H and O–H groups in total. The number of carbonyl (C=O) groups excluding carboxylic acids is 4. The quantitative estimate of drug-likeness (QED) is 0.487.